The zero-order chi connectivity index (χ0) is 34.1. The van der Waals surface area contributed by atoms with Crippen molar-refractivity contribution in [1.82, 2.24) is 4.57 Å². The predicted octanol–water partition coefficient (Wildman–Crippen LogP) is 13.2. The molecule has 51 heavy (non-hydrogen) atoms. The molecule has 0 saturated carbocycles. The first kappa shape index (κ1) is 30.9. The minimum absolute atomic E-state index is 0.426. The normalized spacial score (nSPS) is 16.3. The Labute approximate surface area is 301 Å². The van der Waals surface area contributed by atoms with Crippen molar-refractivity contribution in [3.8, 4) is 27.9 Å². The standard InChI is InChI=1S/C49H40N2/c1-35-16-33-47-46-14-8-9-15-48(46)51(49(47)34-35)45-31-23-41(24-32-45)40-21-29-44(30-22-40)50(42-25-17-38(18-26-42)36-10-4-2-5-11-36)43-27-19-39(20-28-43)37-12-6-3-7-13-37/h2-12,14-33,35,37H,13,34H2,1H3/t35-,37?/m1/s1. The molecule has 6 aromatic carbocycles. The first-order chi connectivity index (χ1) is 25.2. The van der Waals surface area contributed by atoms with Crippen LogP contribution in [0.4, 0.5) is 17.1 Å². The molecule has 0 aliphatic heterocycles. The Balaban J connectivity index is 1.04. The highest BCUT2D eigenvalue weighted by molar-refractivity contribution is 5.93. The number of para-hydroxylation sites is 1. The zero-order valence-corrected chi connectivity index (χ0v) is 28.9. The number of fused-ring (bicyclic) bond motifs is 3. The molecule has 7 aromatic rings. The number of benzene rings is 6. The first-order valence-corrected chi connectivity index (χ1v) is 18.1. The molecule has 1 unspecified atom stereocenters. The van der Waals surface area contributed by atoms with Gasteiger partial charge in [-0.05, 0) is 101 Å². The van der Waals surface area contributed by atoms with Crippen molar-refractivity contribution in [2.75, 3.05) is 4.90 Å². The van der Waals surface area contributed by atoms with Crippen LogP contribution in [0.1, 0.15) is 36.1 Å². The van der Waals surface area contributed by atoms with E-state index in [0.29, 0.717) is 11.8 Å². The van der Waals surface area contributed by atoms with Gasteiger partial charge < -0.3 is 9.47 Å². The van der Waals surface area contributed by atoms with Crippen molar-refractivity contribution in [3.63, 3.8) is 0 Å². The molecule has 1 aromatic heterocycles. The molecule has 0 saturated heterocycles. The van der Waals surface area contributed by atoms with Crippen molar-refractivity contribution >= 4 is 34.0 Å². The third-order valence-electron chi connectivity index (χ3n) is 10.5. The topological polar surface area (TPSA) is 8.17 Å². The van der Waals surface area contributed by atoms with Gasteiger partial charge in [-0.25, -0.2) is 0 Å². The maximum Gasteiger partial charge on any atom is 0.0537 e. The molecule has 246 valence electrons. The quantitative estimate of drug-likeness (QED) is 0.166. The molecule has 0 amide bonds. The molecule has 2 heteroatoms. The molecule has 0 N–H and O–H groups in total. The van der Waals surface area contributed by atoms with E-state index in [4.69, 9.17) is 0 Å². The Morgan fingerprint density at radius 3 is 1.75 bits per heavy atom. The van der Waals surface area contributed by atoms with E-state index in [9.17, 15) is 0 Å². The third kappa shape index (κ3) is 5.93. The number of nitrogens with zero attached hydrogens (tertiary/aromatic N) is 2. The summed E-state index contributed by atoms with van der Waals surface area (Å²) in [7, 11) is 0. The summed E-state index contributed by atoms with van der Waals surface area (Å²) in [6.07, 6.45) is 15.6. The van der Waals surface area contributed by atoms with Crippen molar-refractivity contribution in [2.24, 2.45) is 5.92 Å². The van der Waals surface area contributed by atoms with Gasteiger partial charge in [0.1, 0.15) is 0 Å². The summed E-state index contributed by atoms with van der Waals surface area (Å²) in [6, 6.07) is 55.5. The number of allylic oxidation sites excluding steroid dienone is 5. The third-order valence-corrected chi connectivity index (χ3v) is 10.5. The fourth-order valence-corrected chi connectivity index (χ4v) is 7.82. The zero-order valence-electron chi connectivity index (χ0n) is 28.9. The Hall–Kier alpha value is -6.12. The Kier molecular flexibility index (Phi) is 8.06. The Morgan fingerprint density at radius 1 is 0.549 bits per heavy atom. The molecule has 0 fully saturated rings. The largest absolute Gasteiger partial charge is 0.313 e. The van der Waals surface area contributed by atoms with E-state index >= 15 is 0 Å². The van der Waals surface area contributed by atoms with E-state index in [1.54, 1.807) is 0 Å². The van der Waals surface area contributed by atoms with Crippen molar-refractivity contribution in [1.29, 1.82) is 0 Å². The van der Waals surface area contributed by atoms with Gasteiger partial charge in [0.15, 0.2) is 0 Å². The lowest BCUT2D eigenvalue weighted by molar-refractivity contribution is 0.690. The summed E-state index contributed by atoms with van der Waals surface area (Å²) >= 11 is 0. The van der Waals surface area contributed by atoms with E-state index in [1.165, 1.54) is 55.7 Å². The highest BCUT2D eigenvalue weighted by Crippen LogP contribution is 2.39. The molecule has 2 aliphatic rings. The second kappa shape index (κ2) is 13.3. The minimum Gasteiger partial charge on any atom is -0.313 e. The van der Waals surface area contributed by atoms with Crippen LogP contribution in [0.25, 0.3) is 44.9 Å². The first-order valence-electron chi connectivity index (χ1n) is 18.1. The summed E-state index contributed by atoms with van der Waals surface area (Å²) in [6.45, 7) is 2.30. The second-order valence-electron chi connectivity index (χ2n) is 13.8. The summed E-state index contributed by atoms with van der Waals surface area (Å²) in [5, 5.41) is 1.33. The Bertz CT molecular complexity index is 2390. The van der Waals surface area contributed by atoms with Gasteiger partial charge in [0.2, 0.25) is 0 Å². The molecular formula is C49H40N2. The monoisotopic (exact) mass is 656 g/mol. The van der Waals surface area contributed by atoms with Crippen molar-refractivity contribution in [2.45, 2.75) is 25.7 Å². The smallest absolute Gasteiger partial charge is 0.0537 e. The molecule has 2 aliphatic carbocycles. The maximum absolute atomic E-state index is 2.46. The van der Waals surface area contributed by atoms with Crippen molar-refractivity contribution in [3.05, 3.63) is 199 Å². The van der Waals surface area contributed by atoms with E-state index in [2.05, 4.69) is 205 Å². The molecule has 0 spiro atoms. The number of rotatable bonds is 7. The molecule has 2 atom stereocenters. The highest BCUT2D eigenvalue weighted by Gasteiger charge is 2.21. The van der Waals surface area contributed by atoms with Crippen LogP contribution in [0.2, 0.25) is 0 Å². The molecule has 0 bridgehead atoms. The number of anilines is 3. The molecule has 2 nitrogen and oxygen atoms in total. The van der Waals surface area contributed by atoms with Crippen LogP contribution in [-0.4, -0.2) is 4.57 Å². The number of aromatic nitrogens is 1. The van der Waals surface area contributed by atoms with Gasteiger partial charge >= 0.3 is 0 Å². The van der Waals surface area contributed by atoms with Crippen LogP contribution in [0.3, 0.4) is 0 Å². The van der Waals surface area contributed by atoms with Gasteiger partial charge in [-0.3, -0.25) is 0 Å². The average Bonchev–Trinajstić information content (AvgIpc) is 3.53. The summed E-state index contributed by atoms with van der Waals surface area (Å²) in [5.74, 6) is 0.958. The van der Waals surface area contributed by atoms with Crippen LogP contribution < -0.4 is 4.90 Å². The average molecular weight is 657 g/mol. The van der Waals surface area contributed by atoms with Crippen LogP contribution in [0.5, 0.6) is 0 Å². The van der Waals surface area contributed by atoms with Gasteiger partial charge in [-0.2, -0.15) is 0 Å². The summed E-state index contributed by atoms with van der Waals surface area (Å²) < 4.78 is 2.46. The minimum atomic E-state index is 0.426. The van der Waals surface area contributed by atoms with E-state index in [-0.39, 0.29) is 0 Å². The van der Waals surface area contributed by atoms with Gasteiger partial charge in [0, 0.05) is 45.3 Å². The van der Waals surface area contributed by atoms with Crippen LogP contribution in [0, 0.1) is 5.92 Å². The van der Waals surface area contributed by atoms with Crippen LogP contribution >= 0.6 is 0 Å². The SMILES string of the molecule is C[C@@H]1C=Cc2c(n(-c3ccc(-c4ccc(N(c5ccc(-c6ccccc6)cc5)c5ccc(C6C=CC=CC6)cc5)cc4)cc3)c3ccccc23)C1. The highest BCUT2D eigenvalue weighted by atomic mass is 15.1. The lowest BCUT2D eigenvalue weighted by atomic mass is 9.92. The van der Waals surface area contributed by atoms with E-state index in [1.807, 2.05) is 0 Å². The molecule has 9 rings (SSSR count). The summed E-state index contributed by atoms with van der Waals surface area (Å²) in [4.78, 5) is 2.36. The van der Waals surface area contributed by atoms with Crippen LogP contribution in [-0.2, 0) is 6.42 Å². The lowest BCUT2D eigenvalue weighted by Crippen LogP contribution is -2.10. The van der Waals surface area contributed by atoms with Crippen LogP contribution in [0.15, 0.2) is 182 Å². The fraction of sp³-hybridized carbons (Fsp3) is 0.102. The summed E-state index contributed by atoms with van der Waals surface area (Å²) in [5.41, 5.74) is 14.8. The van der Waals surface area contributed by atoms with E-state index in [0.717, 1.165) is 29.9 Å². The molecule has 0 radical (unpaired) electrons. The molecule has 1 heterocycles. The second-order valence-corrected chi connectivity index (χ2v) is 13.8. The predicted molar refractivity (Wildman–Crippen MR) is 216 cm³/mol. The lowest BCUT2D eigenvalue weighted by Gasteiger charge is -2.26. The maximum atomic E-state index is 2.46. The van der Waals surface area contributed by atoms with Gasteiger partial charge in [-0.1, -0.05) is 140 Å². The van der Waals surface area contributed by atoms with Gasteiger partial charge in [0.05, 0.1) is 5.52 Å². The molecular weight excluding hydrogens is 617 g/mol. The van der Waals surface area contributed by atoms with Crippen molar-refractivity contribution < 1.29 is 0 Å². The fourth-order valence-electron chi connectivity index (χ4n) is 7.82. The number of hydrogen-bond donors (Lipinski definition) is 0. The van der Waals surface area contributed by atoms with Gasteiger partial charge in [-0.15, -0.1) is 0 Å². The Morgan fingerprint density at radius 2 is 1.12 bits per heavy atom. The van der Waals surface area contributed by atoms with Gasteiger partial charge in [0.25, 0.3) is 0 Å². The van der Waals surface area contributed by atoms with E-state index < -0.39 is 0 Å². The number of hydrogen-bond acceptors (Lipinski definition) is 1.